The molecule has 0 heterocycles. The fraction of sp³-hybridized carbons (Fsp3) is 0. The van der Waals surface area contributed by atoms with Crippen molar-refractivity contribution < 1.29 is 0 Å². The van der Waals surface area contributed by atoms with Crippen molar-refractivity contribution >= 4 is 16.6 Å². The minimum Gasteiger partial charge on any atom is -0.399 e. The highest BCUT2D eigenvalue weighted by molar-refractivity contribution is 7.97. The minimum atomic E-state index is -0.0146. The number of anilines is 1. The van der Waals surface area contributed by atoms with Gasteiger partial charge in [-0.05, 0) is 48.5 Å². The van der Waals surface area contributed by atoms with Gasteiger partial charge in [0.25, 0.3) is 0 Å². The van der Waals surface area contributed by atoms with E-state index in [9.17, 15) is 0 Å². The first kappa shape index (κ1) is 17.8. The maximum absolute atomic E-state index is 5.36. The van der Waals surface area contributed by atoms with E-state index >= 15 is 0 Å². The van der Waals surface area contributed by atoms with Crippen LogP contribution in [0.5, 0.6) is 0 Å². The first-order chi connectivity index (χ1) is 12.8. The summed E-state index contributed by atoms with van der Waals surface area (Å²) in [5, 5.41) is 0. The van der Waals surface area contributed by atoms with Crippen LogP contribution in [0.15, 0.2) is 136 Å². The Balaban J connectivity index is 0.000000236. The van der Waals surface area contributed by atoms with E-state index in [0.717, 1.165) is 5.69 Å². The second kappa shape index (κ2) is 9.50. The van der Waals surface area contributed by atoms with Crippen molar-refractivity contribution in [1.82, 2.24) is 0 Å². The van der Waals surface area contributed by atoms with E-state index in [-0.39, 0.29) is 10.9 Å². The first-order valence-electron chi connectivity index (χ1n) is 8.54. The lowest BCUT2D eigenvalue weighted by atomic mass is 10.3. The molecule has 4 aromatic rings. The standard InChI is InChI=1S/C18H15S.C6H7N/c1-4-10-16(11-5-1)19(17-12-6-2-7-13-17)18-14-8-3-9-15-18;7-6-4-2-1-3-5-6/h1-15H;1-5H,7H2/q+1;. The molecular weight excluding hydrogens is 334 g/mol. The molecule has 4 rings (SSSR count). The van der Waals surface area contributed by atoms with Crippen LogP contribution >= 0.6 is 0 Å². The first-order valence-corrected chi connectivity index (χ1v) is 9.77. The summed E-state index contributed by atoms with van der Waals surface area (Å²) in [4.78, 5) is 4.08. The molecule has 128 valence electrons. The molecular formula is C24H22NS+. The van der Waals surface area contributed by atoms with Crippen LogP contribution in [-0.2, 0) is 10.9 Å². The zero-order chi connectivity index (χ0) is 18.0. The molecule has 0 atom stereocenters. The summed E-state index contributed by atoms with van der Waals surface area (Å²) >= 11 is 0. The molecule has 1 nitrogen and oxygen atoms in total. The number of rotatable bonds is 3. The molecule has 0 bridgehead atoms. The number of nitrogens with two attached hydrogens (primary N) is 1. The quantitative estimate of drug-likeness (QED) is 0.351. The van der Waals surface area contributed by atoms with Gasteiger partial charge in [-0.15, -0.1) is 0 Å². The van der Waals surface area contributed by atoms with Crippen LogP contribution in [0.25, 0.3) is 0 Å². The maximum Gasteiger partial charge on any atom is 0.166 e. The molecule has 0 aliphatic heterocycles. The van der Waals surface area contributed by atoms with Crippen molar-refractivity contribution in [1.29, 1.82) is 0 Å². The molecule has 0 fully saturated rings. The molecule has 0 amide bonds. The lowest BCUT2D eigenvalue weighted by Crippen LogP contribution is -2.04. The molecule has 2 heteroatoms. The summed E-state index contributed by atoms with van der Waals surface area (Å²) in [7, 11) is -0.0146. The Morgan fingerprint density at radius 1 is 0.385 bits per heavy atom. The molecule has 0 saturated heterocycles. The number of para-hydroxylation sites is 1. The Labute approximate surface area is 158 Å². The smallest absolute Gasteiger partial charge is 0.166 e. The van der Waals surface area contributed by atoms with Gasteiger partial charge in [-0.25, -0.2) is 0 Å². The lowest BCUT2D eigenvalue weighted by Gasteiger charge is -2.07. The highest BCUT2D eigenvalue weighted by Crippen LogP contribution is 2.30. The van der Waals surface area contributed by atoms with Gasteiger partial charge in [0.15, 0.2) is 14.7 Å². The van der Waals surface area contributed by atoms with E-state index in [1.165, 1.54) is 14.7 Å². The second-order valence-corrected chi connectivity index (χ2v) is 7.68. The molecule has 0 aliphatic rings. The predicted octanol–water partition coefficient (Wildman–Crippen LogP) is 6.05. The highest BCUT2D eigenvalue weighted by Gasteiger charge is 2.27. The molecule has 2 N–H and O–H groups in total. The lowest BCUT2D eigenvalue weighted by molar-refractivity contribution is 1.32. The van der Waals surface area contributed by atoms with Gasteiger partial charge >= 0.3 is 0 Å². The molecule has 0 saturated carbocycles. The summed E-state index contributed by atoms with van der Waals surface area (Å²) in [6, 6.07) is 41.6. The third-order valence-corrected chi connectivity index (χ3v) is 5.97. The third kappa shape index (κ3) is 5.01. The maximum atomic E-state index is 5.36. The topological polar surface area (TPSA) is 26.0 Å². The molecule has 0 radical (unpaired) electrons. The summed E-state index contributed by atoms with van der Waals surface area (Å²) in [6.07, 6.45) is 0. The summed E-state index contributed by atoms with van der Waals surface area (Å²) < 4.78 is 0. The minimum absolute atomic E-state index is 0.0146. The Morgan fingerprint density at radius 3 is 0.885 bits per heavy atom. The van der Waals surface area contributed by atoms with Gasteiger partial charge in [-0.3, -0.25) is 0 Å². The molecule has 0 spiro atoms. The van der Waals surface area contributed by atoms with Gasteiger partial charge < -0.3 is 5.73 Å². The van der Waals surface area contributed by atoms with Crippen LogP contribution in [0, 0.1) is 0 Å². The average Bonchev–Trinajstić information content (AvgIpc) is 2.72. The van der Waals surface area contributed by atoms with Crippen molar-refractivity contribution in [3.8, 4) is 0 Å². The van der Waals surface area contributed by atoms with E-state index in [2.05, 4.69) is 91.0 Å². The SMILES string of the molecule is Nc1ccccc1.c1ccc([S+](c2ccccc2)c2ccccc2)cc1. The largest absolute Gasteiger partial charge is 0.399 e. The Morgan fingerprint density at radius 2 is 0.654 bits per heavy atom. The number of benzene rings is 4. The molecule has 0 aliphatic carbocycles. The normalized spacial score (nSPS) is 10.0. The van der Waals surface area contributed by atoms with Gasteiger partial charge in [0, 0.05) is 5.69 Å². The molecule has 26 heavy (non-hydrogen) atoms. The molecule has 0 unspecified atom stereocenters. The summed E-state index contributed by atoms with van der Waals surface area (Å²) in [5.41, 5.74) is 6.18. The Bertz CT molecular complexity index is 784. The van der Waals surface area contributed by atoms with E-state index in [1.807, 2.05) is 30.3 Å². The molecule has 0 aromatic heterocycles. The van der Waals surface area contributed by atoms with Crippen LogP contribution in [0.2, 0.25) is 0 Å². The van der Waals surface area contributed by atoms with E-state index in [1.54, 1.807) is 0 Å². The zero-order valence-electron chi connectivity index (χ0n) is 14.5. The summed E-state index contributed by atoms with van der Waals surface area (Å²) in [5.74, 6) is 0. The average molecular weight is 357 g/mol. The number of hydrogen-bond donors (Lipinski definition) is 1. The Hall–Kier alpha value is -2.97. The van der Waals surface area contributed by atoms with Crippen LogP contribution in [-0.4, -0.2) is 0 Å². The van der Waals surface area contributed by atoms with E-state index in [0.29, 0.717) is 0 Å². The van der Waals surface area contributed by atoms with E-state index < -0.39 is 0 Å². The van der Waals surface area contributed by atoms with Crippen LogP contribution in [0.4, 0.5) is 5.69 Å². The highest BCUT2D eigenvalue weighted by atomic mass is 32.2. The van der Waals surface area contributed by atoms with Crippen LogP contribution in [0.1, 0.15) is 0 Å². The van der Waals surface area contributed by atoms with Crippen molar-refractivity contribution in [3.63, 3.8) is 0 Å². The number of hydrogen-bond acceptors (Lipinski definition) is 1. The monoisotopic (exact) mass is 356 g/mol. The third-order valence-electron chi connectivity index (χ3n) is 3.74. The van der Waals surface area contributed by atoms with Crippen LogP contribution in [0.3, 0.4) is 0 Å². The van der Waals surface area contributed by atoms with Crippen molar-refractivity contribution in [2.75, 3.05) is 5.73 Å². The van der Waals surface area contributed by atoms with Gasteiger partial charge in [0.2, 0.25) is 0 Å². The predicted molar refractivity (Wildman–Crippen MR) is 112 cm³/mol. The van der Waals surface area contributed by atoms with Gasteiger partial charge in [-0.2, -0.15) is 0 Å². The fourth-order valence-corrected chi connectivity index (χ4v) is 4.64. The Kier molecular flexibility index (Phi) is 6.52. The fourth-order valence-electron chi connectivity index (χ4n) is 2.53. The zero-order valence-corrected chi connectivity index (χ0v) is 15.3. The van der Waals surface area contributed by atoms with Crippen LogP contribution < -0.4 is 5.73 Å². The summed E-state index contributed by atoms with van der Waals surface area (Å²) in [6.45, 7) is 0. The van der Waals surface area contributed by atoms with Gasteiger partial charge in [0.05, 0.1) is 10.9 Å². The van der Waals surface area contributed by atoms with Crippen molar-refractivity contribution in [3.05, 3.63) is 121 Å². The number of nitrogen functional groups attached to an aromatic ring is 1. The van der Waals surface area contributed by atoms with E-state index in [4.69, 9.17) is 5.73 Å². The van der Waals surface area contributed by atoms with Crippen molar-refractivity contribution in [2.24, 2.45) is 0 Å². The molecule has 4 aromatic carbocycles. The van der Waals surface area contributed by atoms with Gasteiger partial charge in [-0.1, -0.05) is 72.8 Å². The second-order valence-electron chi connectivity index (χ2n) is 5.66. The van der Waals surface area contributed by atoms with Gasteiger partial charge in [0.1, 0.15) is 0 Å². The van der Waals surface area contributed by atoms with Crippen molar-refractivity contribution in [2.45, 2.75) is 14.7 Å².